The Morgan fingerprint density at radius 1 is 1.18 bits per heavy atom. The van der Waals surface area contributed by atoms with Gasteiger partial charge in [-0.25, -0.2) is 0 Å². The van der Waals surface area contributed by atoms with Crippen molar-refractivity contribution in [3.05, 3.63) is 18.2 Å². The van der Waals surface area contributed by atoms with Crippen molar-refractivity contribution in [2.24, 2.45) is 0 Å². The van der Waals surface area contributed by atoms with Gasteiger partial charge in [0.2, 0.25) is 0 Å². The summed E-state index contributed by atoms with van der Waals surface area (Å²) in [4.78, 5) is 0. The van der Waals surface area contributed by atoms with Gasteiger partial charge in [0.1, 0.15) is 18.1 Å². The molecule has 0 atom stereocenters. The number of ether oxygens (including phenoxy) is 3. The zero-order chi connectivity index (χ0) is 12.7. The van der Waals surface area contributed by atoms with Gasteiger partial charge in [-0.3, -0.25) is 0 Å². The molecule has 0 unspecified atom stereocenters. The molecule has 0 bridgehead atoms. The summed E-state index contributed by atoms with van der Waals surface area (Å²) in [6, 6.07) is 5.41. The molecule has 0 aliphatic carbocycles. The second kappa shape index (κ2) is 7.01. The molecule has 0 heterocycles. The molecular formula is C13H21NO3. The minimum Gasteiger partial charge on any atom is -0.492 e. The Morgan fingerprint density at radius 3 is 2.59 bits per heavy atom. The maximum Gasteiger partial charge on any atom is 0.145 e. The van der Waals surface area contributed by atoms with Crippen molar-refractivity contribution < 1.29 is 14.2 Å². The molecule has 0 fully saturated rings. The van der Waals surface area contributed by atoms with Crippen LogP contribution in [0.15, 0.2) is 18.2 Å². The van der Waals surface area contributed by atoms with Crippen molar-refractivity contribution in [1.82, 2.24) is 0 Å². The van der Waals surface area contributed by atoms with Crippen LogP contribution in [0.25, 0.3) is 0 Å². The largest absolute Gasteiger partial charge is 0.492 e. The normalized spacial score (nSPS) is 10.6. The predicted octanol–water partition coefficient (Wildman–Crippen LogP) is 2.47. The first-order valence-electron chi connectivity index (χ1n) is 5.90. The van der Waals surface area contributed by atoms with Crippen LogP contribution in [0, 0.1) is 0 Å². The van der Waals surface area contributed by atoms with Crippen LogP contribution in [-0.4, -0.2) is 25.9 Å². The number of nitrogen functional groups attached to an aromatic ring is 1. The molecule has 17 heavy (non-hydrogen) atoms. The van der Waals surface area contributed by atoms with Crippen molar-refractivity contribution in [2.75, 3.05) is 25.6 Å². The second-order valence-electron chi connectivity index (χ2n) is 3.90. The van der Waals surface area contributed by atoms with Crippen LogP contribution in [0.1, 0.15) is 20.8 Å². The highest BCUT2D eigenvalue weighted by Crippen LogP contribution is 2.26. The monoisotopic (exact) mass is 239 g/mol. The average Bonchev–Trinajstić information content (AvgIpc) is 2.28. The van der Waals surface area contributed by atoms with Crippen molar-refractivity contribution in [3.8, 4) is 11.5 Å². The number of hydrogen-bond donors (Lipinski definition) is 1. The Hall–Kier alpha value is -1.42. The van der Waals surface area contributed by atoms with E-state index in [-0.39, 0.29) is 6.10 Å². The molecule has 0 saturated carbocycles. The van der Waals surface area contributed by atoms with Crippen LogP contribution < -0.4 is 15.2 Å². The Morgan fingerprint density at radius 2 is 1.94 bits per heavy atom. The van der Waals surface area contributed by atoms with Gasteiger partial charge in [0, 0.05) is 6.07 Å². The van der Waals surface area contributed by atoms with Gasteiger partial charge in [0.25, 0.3) is 0 Å². The summed E-state index contributed by atoms with van der Waals surface area (Å²) < 4.78 is 16.3. The first kappa shape index (κ1) is 13.6. The van der Waals surface area contributed by atoms with E-state index in [2.05, 4.69) is 0 Å². The van der Waals surface area contributed by atoms with Crippen LogP contribution in [0.4, 0.5) is 5.69 Å². The molecule has 0 aliphatic heterocycles. The van der Waals surface area contributed by atoms with E-state index in [9.17, 15) is 0 Å². The lowest BCUT2D eigenvalue weighted by atomic mass is 10.3. The van der Waals surface area contributed by atoms with Crippen molar-refractivity contribution in [3.63, 3.8) is 0 Å². The van der Waals surface area contributed by atoms with E-state index in [0.29, 0.717) is 31.3 Å². The molecule has 0 spiro atoms. The molecule has 1 aromatic carbocycles. The van der Waals surface area contributed by atoms with Crippen LogP contribution in [0.3, 0.4) is 0 Å². The molecule has 4 nitrogen and oxygen atoms in total. The first-order valence-corrected chi connectivity index (χ1v) is 5.90. The molecule has 0 aliphatic rings. The fraction of sp³-hybridized carbons (Fsp3) is 0.538. The van der Waals surface area contributed by atoms with Crippen LogP contribution in [0.5, 0.6) is 11.5 Å². The number of nitrogens with two attached hydrogens (primary N) is 1. The lowest BCUT2D eigenvalue weighted by Crippen LogP contribution is -2.11. The quantitative estimate of drug-likeness (QED) is 0.586. The lowest BCUT2D eigenvalue weighted by Gasteiger charge is -2.11. The van der Waals surface area contributed by atoms with E-state index >= 15 is 0 Å². The van der Waals surface area contributed by atoms with Gasteiger partial charge in [-0.2, -0.15) is 0 Å². The molecule has 0 radical (unpaired) electrons. The number of anilines is 1. The number of rotatable bonds is 7. The minimum absolute atomic E-state index is 0.226. The van der Waals surface area contributed by atoms with Gasteiger partial charge >= 0.3 is 0 Å². The summed E-state index contributed by atoms with van der Waals surface area (Å²) in [6.07, 6.45) is 0.226. The highest BCUT2D eigenvalue weighted by molar-refractivity contribution is 5.55. The van der Waals surface area contributed by atoms with Crippen molar-refractivity contribution >= 4 is 5.69 Å². The van der Waals surface area contributed by atoms with Crippen molar-refractivity contribution in [1.29, 1.82) is 0 Å². The fourth-order valence-electron chi connectivity index (χ4n) is 1.33. The van der Waals surface area contributed by atoms with Gasteiger partial charge in [-0.1, -0.05) is 0 Å². The highest BCUT2D eigenvalue weighted by atomic mass is 16.5. The third-order valence-electron chi connectivity index (χ3n) is 2.09. The highest BCUT2D eigenvalue weighted by Gasteiger charge is 2.02. The molecule has 1 aromatic rings. The van der Waals surface area contributed by atoms with E-state index in [1.807, 2.05) is 26.8 Å². The number of hydrogen-bond acceptors (Lipinski definition) is 4. The summed E-state index contributed by atoms with van der Waals surface area (Å²) in [7, 11) is 0. The molecule has 0 aromatic heterocycles. The van der Waals surface area contributed by atoms with Crippen molar-refractivity contribution in [2.45, 2.75) is 26.9 Å². The van der Waals surface area contributed by atoms with Crippen LogP contribution in [0.2, 0.25) is 0 Å². The lowest BCUT2D eigenvalue weighted by molar-refractivity contribution is 0.0552. The van der Waals surface area contributed by atoms with E-state index in [4.69, 9.17) is 19.9 Å². The van der Waals surface area contributed by atoms with E-state index in [1.165, 1.54) is 0 Å². The van der Waals surface area contributed by atoms with Gasteiger partial charge < -0.3 is 19.9 Å². The Bertz CT molecular complexity index is 339. The molecule has 1 rings (SSSR count). The third kappa shape index (κ3) is 4.95. The molecule has 96 valence electrons. The molecular weight excluding hydrogens is 218 g/mol. The van der Waals surface area contributed by atoms with Crippen LogP contribution in [-0.2, 0) is 4.74 Å². The van der Waals surface area contributed by atoms with Gasteiger partial charge in [-0.05, 0) is 32.9 Å². The SMILES string of the molecule is CCOc1cc(OCCOC(C)C)ccc1N. The summed E-state index contributed by atoms with van der Waals surface area (Å²) in [5, 5.41) is 0. The zero-order valence-electron chi connectivity index (χ0n) is 10.7. The zero-order valence-corrected chi connectivity index (χ0v) is 10.7. The summed E-state index contributed by atoms with van der Waals surface area (Å²) in [6.45, 7) is 7.60. The smallest absolute Gasteiger partial charge is 0.145 e. The summed E-state index contributed by atoms with van der Waals surface area (Å²) >= 11 is 0. The Labute approximate surface area is 103 Å². The number of benzene rings is 1. The standard InChI is InChI=1S/C13H21NO3/c1-4-15-13-9-11(5-6-12(13)14)17-8-7-16-10(2)3/h5-6,9-10H,4,7-8,14H2,1-3H3. The molecule has 4 heteroatoms. The minimum atomic E-state index is 0.226. The Kier molecular flexibility index (Phi) is 5.63. The van der Waals surface area contributed by atoms with E-state index in [1.54, 1.807) is 12.1 Å². The summed E-state index contributed by atoms with van der Waals surface area (Å²) in [5.74, 6) is 1.41. The van der Waals surface area contributed by atoms with E-state index in [0.717, 1.165) is 5.75 Å². The van der Waals surface area contributed by atoms with Gasteiger partial charge in [0.15, 0.2) is 0 Å². The maximum absolute atomic E-state index is 5.76. The first-order chi connectivity index (χ1) is 8.13. The molecule has 2 N–H and O–H groups in total. The van der Waals surface area contributed by atoms with Gasteiger partial charge in [0.05, 0.1) is 25.0 Å². The Balaban J connectivity index is 2.45. The van der Waals surface area contributed by atoms with Crippen LogP contribution >= 0.6 is 0 Å². The summed E-state index contributed by atoms with van der Waals surface area (Å²) in [5.41, 5.74) is 6.39. The molecule has 0 saturated heterocycles. The van der Waals surface area contributed by atoms with Gasteiger partial charge in [-0.15, -0.1) is 0 Å². The average molecular weight is 239 g/mol. The second-order valence-corrected chi connectivity index (χ2v) is 3.90. The molecule has 0 amide bonds. The third-order valence-corrected chi connectivity index (χ3v) is 2.09. The predicted molar refractivity (Wildman–Crippen MR) is 68.6 cm³/mol. The topological polar surface area (TPSA) is 53.7 Å². The maximum atomic E-state index is 5.76. The van der Waals surface area contributed by atoms with E-state index < -0.39 is 0 Å². The fourth-order valence-corrected chi connectivity index (χ4v) is 1.33.